The van der Waals surface area contributed by atoms with Crippen molar-refractivity contribution in [3.63, 3.8) is 0 Å². The second-order valence-corrected chi connectivity index (χ2v) is 14.0. The van der Waals surface area contributed by atoms with E-state index in [4.69, 9.17) is 4.43 Å². The first-order valence-corrected chi connectivity index (χ1v) is 15.8. The Morgan fingerprint density at radius 1 is 0.889 bits per heavy atom. The van der Waals surface area contributed by atoms with Gasteiger partial charge in [-0.2, -0.15) is 0 Å². The summed E-state index contributed by atoms with van der Waals surface area (Å²) >= 11 is 0. The highest BCUT2D eigenvalue weighted by molar-refractivity contribution is 9.26. The van der Waals surface area contributed by atoms with Gasteiger partial charge in [-0.05, 0) is 45.5 Å². The molecule has 0 heterocycles. The second-order valence-electron chi connectivity index (χ2n) is 4.10. The van der Waals surface area contributed by atoms with Gasteiger partial charge >= 0.3 is 0 Å². The molecule has 0 saturated carbocycles. The highest BCUT2D eigenvalue weighted by atomic mass is 33.7. The molecule has 0 rings (SSSR count). The number of hydrogen-bond acceptors (Lipinski definition) is 5. The Bertz CT molecular complexity index is 139. The minimum atomic E-state index is -0.178. The van der Waals surface area contributed by atoms with E-state index in [1.54, 1.807) is 12.1 Å². The lowest BCUT2D eigenvalue weighted by molar-refractivity contribution is 0.359. The molecule has 0 unspecified atom stereocenters. The lowest BCUT2D eigenvalue weighted by atomic mass is 10.6. The molecule has 0 aromatic heterocycles. The quantitative estimate of drug-likeness (QED) is 0.242. The molecule has 0 aliphatic rings. The molecule has 0 N–H and O–H groups in total. The van der Waals surface area contributed by atoms with Crippen LogP contribution in [0.5, 0.6) is 0 Å². The molecular weight excluding hydrogens is 333 g/mol. The third-order valence-corrected chi connectivity index (χ3v) is 12.8. The molecule has 7 heteroatoms. The third kappa shape index (κ3) is 17.8. The summed E-state index contributed by atoms with van der Waals surface area (Å²) in [6.07, 6.45) is 4.21. The molecule has 0 spiro atoms. The SMILES string of the molecule is CCC[SiH2]CCCSSSSCCC[SiH2]OCC. The highest BCUT2D eigenvalue weighted by Crippen LogP contribution is 2.43. The largest absolute Gasteiger partial charge is 0.424 e. The monoisotopic (exact) mass is 360 g/mol. The van der Waals surface area contributed by atoms with E-state index in [1.165, 1.54) is 36.8 Å². The maximum atomic E-state index is 5.45. The molecule has 0 bridgehead atoms. The van der Waals surface area contributed by atoms with E-state index in [0.717, 1.165) is 6.61 Å². The summed E-state index contributed by atoms with van der Waals surface area (Å²) in [5.41, 5.74) is 0. The first-order chi connectivity index (χ1) is 8.91. The Morgan fingerprint density at radius 3 is 2.17 bits per heavy atom. The predicted molar refractivity (Wildman–Crippen MR) is 103 cm³/mol. The van der Waals surface area contributed by atoms with E-state index in [0.29, 0.717) is 9.52 Å². The minimum absolute atomic E-state index is 0.178. The van der Waals surface area contributed by atoms with Gasteiger partial charge in [0.2, 0.25) is 0 Å². The lowest BCUT2D eigenvalue weighted by Crippen LogP contribution is -1.97. The fourth-order valence-electron chi connectivity index (χ4n) is 1.38. The molecule has 0 aromatic rings. The van der Waals surface area contributed by atoms with Gasteiger partial charge in [0.15, 0.2) is 9.76 Å². The summed E-state index contributed by atoms with van der Waals surface area (Å²) in [5.74, 6) is 2.65. The van der Waals surface area contributed by atoms with Crippen molar-refractivity contribution >= 4 is 60.5 Å². The van der Waals surface area contributed by atoms with Crippen LogP contribution in [0.4, 0.5) is 0 Å². The Labute approximate surface area is 133 Å². The molecule has 0 aliphatic carbocycles. The first-order valence-electron chi connectivity index (χ1n) is 7.07. The third-order valence-electron chi connectivity index (χ3n) is 2.43. The van der Waals surface area contributed by atoms with Crippen LogP contribution in [0.1, 0.15) is 33.1 Å². The van der Waals surface area contributed by atoms with Crippen molar-refractivity contribution in [1.29, 1.82) is 0 Å². The molecule has 1 nitrogen and oxygen atoms in total. The Kier molecular flexibility index (Phi) is 20.7. The van der Waals surface area contributed by atoms with Crippen molar-refractivity contribution in [2.45, 2.75) is 51.2 Å². The summed E-state index contributed by atoms with van der Waals surface area (Å²) in [7, 11) is 8.14. The molecule has 0 amide bonds. The maximum Gasteiger partial charge on any atom is 0.161 e. The Hall–Kier alpha value is 1.79. The van der Waals surface area contributed by atoms with Crippen molar-refractivity contribution < 1.29 is 4.43 Å². The van der Waals surface area contributed by atoms with Crippen LogP contribution >= 0.6 is 41.2 Å². The molecule has 0 atom stereocenters. The zero-order valence-corrected chi connectivity index (χ0v) is 17.9. The van der Waals surface area contributed by atoms with E-state index in [-0.39, 0.29) is 9.76 Å². The predicted octanol–water partition coefficient (Wildman–Crippen LogP) is 4.40. The van der Waals surface area contributed by atoms with E-state index in [1.807, 2.05) is 41.2 Å². The summed E-state index contributed by atoms with van der Waals surface area (Å²) in [6.45, 7) is 5.32. The van der Waals surface area contributed by atoms with Gasteiger partial charge in [0.05, 0.1) is 0 Å². The molecule has 0 aliphatic heterocycles. The van der Waals surface area contributed by atoms with Crippen molar-refractivity contribution in [3.05, 3.63) is 0 Å². The molecule has 18 heavy (non-hydrogen) atoms. The van der Waals surface area contributed by atoms with Gasteiger partial charge in [0.1, 0.15) is 0 Å². The topological polar surface area (TPSA) is 9.23 Å². The van der Waals surface area contributed by atoms with Gasteiger partial charge in [0.25, 0.3) is 0 Å². The van der Waals surface area contributed by atoms with Gasteiger partial charge in [-0.25, -0.2) is 0 Å². The van der Waals surface area contributed by atoms with Gasteiger partial charge in [-0.15, -0.1) is 0 Å². The van der Waals surface area contributed by atoms with Crippen LogP contribution in [-0.4, -0.2) is 37.4 Å². The Morgan fingerprint density at radius 2 is 1.56 bits per heavy atom. The number of hydrogen-bond donors (Lipinski definition) is 0. The Balaban J connectivity index is 2.86. The molecule has 0 radical (unpaired) electrons. The maximum absolute atomic E-state index is 5.45. The van der Waals surface area contributed by atoms with Crippen LogP contribution in [0, 0.1) is 0 Å². The van der Waals surface area contributed by atoms with Gasteiger partial charge in [0, 0.05) is 27.6 Å². The van der Waals surface area contributed by atoms with E-state index in [9.17, 15) is 0 Å². The molecule has 110 valence electrons. The zero-order valence-electron chi connectivity index (χ0n) is 11.8. The minimum Gasteiger partial charge on any atom is -0.424 e. The summed E-state index contributed by atoms with van der Waals surface area (Å²) in [5, 5.41) is 0. The van der Waals surface area contributed by atoms with E-state index < -0.39 is 0 Å². The molecular formula is C11H28OS4Si2. The second kappa shape index (κ2) is 18.8. The summed E-state index contributed by atoms with van der Waals surface area (Å²) < 4.78 is 5.45. The van der Waals surface area contributed by atoms with Crippen molar-refractivity contribution in [3.8, 4) is 0 Å². The van der Waals surface area contributed by atoms with Crippen molar-refractivity contribution in [2.75, 3.05) is 18.1 Å². The van der Waals surface area contributed by atoms with Crippen LogP contribution in [0.15, 0.2) is 0 Å². The average Bonchev–Trinajstić information content (AvgIpc) is 2.39. The molecule has 0 saturated heterocycles. The van der Waals surface area contributed by atoms with Gasteiger partial charge in [-0.1, -0.05) is 47.0 Å². The standard InChI is InChI=1S/C11H28OS4Si2/c1-3-9-17-10-5-7-13-15-16-14-8-6-11-18-12-4-2/h3-11,17-18H2,1-2H3. The fraction of sp³-hybridized carbons (Fsp3) is 1.00. The smallest absolute Gasteiger partial charge is 0.161 e. The summed E-state index contributed by atoms with van der Waals surface area (Å²) in [6, 6.07) is 4.45. The van der Waals surface area contributed by atoms with Crippen LogP contribution < -0.4 is 0 Å². The van der Waals surface area contributed by atoms with Crippen LogP contribution in [0.2, 0.25) is 18.1 Å². The highest BCUT2D eigenvalue weighted by Gasteiger charge is 1.95. The molecule has 0 fully saturated rings. The summed E-state index contributed by atoms with van der Waals surface area (Å²) in [4.78, 5) is 0. The van der Waals surface area contributed by atoms with E-state index >= 15 is 0 Å². The van der Waals surface area contributed by atoms with Crippen LogP contribution in [0.25, 0.3) is 0 Å². The van der Waals surface area contributed by atoms with Crippen molar-refractivity contribution in [1.82, 2.24) is 0 Å². The number of rotatable bonds is 15. The average molecular weight is 361 g/mol. The van der Waals surface area contributed by atoms with Crippen LogP contribution in [-0.2, 0) is 4.43 Å². The van der Waals surface area contributed by atoms with Gasteiger partial charge in [-0.3, -0.25) is 0 Å². The normalized spacial score (nSPS) is 12.3. The zero-order chi connectivity index (χ0) is 13.3. The van der Waals surface area contributed by atoms with Crippen LogP contribution in [0.3, 0.4) is 0 Å². The van der Waals surface area contributed by atoms with Gasteiger partial charge < -0.3 is 4.43 Å². The van der Waals surface area contributed by atoms with E-state index in [2.05, 4.69) is 13.8 Å². The lowest BCUT2D eigenvalue weighted by Gasteiger charge is -2.01. The first kappa shape index (κ1) is 19.8. The van der Waals surface area contributed by atoms with Crippen molar-refractivity contribution in [2.24, 2.45) is 0 Å². The fourth-order valence-corrected chi connectivity index (χ4v) is 10.8. The molecule has 0 aromatic carbocycles.